The number of rotatable bonds is 7. The lowest BCUT2D eigenvalue weighted by Crippen LogP contribution is -2.12. The summed E-state index contributed by atoms with van der Waals surface area (Å²) in [7, 11) is 1.55. The van der Waals surface area contributed by atoms with Crippen LogP contribution >= 0.6 is 0 Å². The molecule has 0 spiro atoms. The Hall–Kier alpha value is -4.13. The van der Waals surface area contributed by atoms with E-state index in [1.165, 1.54) is 36.4 Å². The van der Waals surface area contributed by atoms with Crippen molar-refractivity contribution in [2.24, 2.45) is 0 Å². The fourth-order valence-corrected chi connectivity index (χ4v) is 2.63. The standard InChI is InChI=1S/C23H18O7/c1-15-13-20(30-22(25)16-3-5-18(6-4-16)28-14-24)11-12-21(15)23(26)29-19-9-7-17(27-2)8-10-19/h3-14H,1-2H3. The molecule has 7 heteroatoms. The smallest absolute Gasteiger partial charge is 0.343 e. The summed E-state index contributed by atoms with van der Waals surface area (Å²) in [4.78, 5) is 35.0. The zero-order valence-corrected chi connectivity index (χ0v) is 16.3. The zero-order chi connectivity index (χ0) is 21.5. The molecule has 3 aromatic carbocycles. The van der Waals surface area contributed by atoms with Gasteiger partial charge in [0.25, 0.3) is 6.47 Å². The summed E-state index contributed by atoms with van der Waals surface area (Å²) in [6, 6.07) is 17.2. The van der Waals surface area contributed by atoms with E-state index in [1.54, 1.807) is 44.4 Å². The third-order valence-corrected chi connectivity index (χ3v) is 4.17. The van der Waals surface area contributed by atoms with Gasteiger partial charge < -0.3 is 18.9 Å². The van der Waals surface area contributed by atoms with Crippen LogP contribution in [0.4, 0.5) is 0 Å². The van der Waals surface area contributed by atoms with Gasteiger partial charge in [-0.1, -0.05) is 0 Å². The van der Waals surface area contributed by atoms with Gasteiger partial charge >= 0.3 is 11.9 Å². The molecule has 0 aliphatic carbocycles. The molecular weight excluding hydrogens is 388 g/mol. The van der Waals surface area contributed by atoms with Crippen LogP contribution in [0, 0.1) is 6.92 Å². The van der Waals surface area contributed by atoms with Gasteiger partial charge in [0, 0.05) is 0 Å². The first-order valence-electron chi connectivity index (χ1n) is 8.89. The topological polar surface area (TPSA) is 88.1 Å². The number of carbonyl (C=O) groups excluding carboxylic acids is 3. The third kappa shape index (κ3) is 5.02. The number of carbonyl (C=O) groups is 3. The molecule has 0 heterocycles. The highest BCUT2D eigenvalue weighted by molar-refractivity contribution is 5.94. The van der Waals surface area contributed by atoms with Crippen LogP contribution in [0.5, 0.6) is 23.0 Å². The molecule has 0 atom stereocenters. The molecule has 0 aliphatic rings. The van der Waals surface area contributed by atoms with Gasteiger partial charge in [-0.3, -0.25) is 4.79 Å². The molecule has 0 saturated carbocycles. The molecule has 3 rings (SSSR count). The van der Waals surface area contributed by atoms with Crippen LogP contribution < -0.4 is 18.9 Å². The van der Waals surface area contributed by atoms with Crippen molar-refractivity contribution in [1.29, 1.82) is 0 Å². The highest BCUT2D eigenvalue weighted by Crippen LogP contribution is 2.22. The summed E-state index contributed by atoms with van der Waals surface area (Å²) in [5, 5.41) is 0. The summed E-state index contributed by atoms with van der Waals surface area (Å²) in [6.07, 6.45) is 0. The highest BCUT2D eigenvalue weighted by atomic mass is 16.5. The monoisotopic (exact) mass is 406 g/mol. The highest BCUT2D eigenvalue weighted by Gasteiger charge is 2.15. The number of hydrogen-bond donors (Lipinski definition) is 0. The summed E-state index contributed by atoms with van der Waals surface area (Å²) in [5.41, 5.74) is 1.23. The van der Waals surface area contributed by atoms with Crippen LogP contribution in [-0.2, 0) is 4.79 Å². The Morgan fingerprint density at radius 3 is 1.90 bits per heavy atom. The van der Waals surface area contributed by atoms with E-state index < -0.39 is 11.9 Å². The predicted molar refractivity (Wildman–Crippen MR) is 107 cm³/mol. The minimum absolute atomic E-state index is 0.284. The van der Waals surface area contributed by atoms with Crippen LogP contribution in [-0.4, -0.2) is 25.5 Å². The van der Waals surface area contributed by atoms with Crippen LogP contribution in [0.1, 0.15) is 26.3 Å². The quantitative estimate of drug-likeness (QED) is 0.333. The molecule has 0 aromatic heterocycles. The Bertz CT molecular complexity index is 1050. The van der Waals surface area contributed by atoms with Crippen molar-refractivity contribution in [3.8, 4) is 23.0 Å². The van der Waals surface area contributed by atoms with Gasteiger partial charge in [-0.25, -0.2) is 9.59 Å². The summed E-state index contributed by atoms with van der Waals surface area (Å²) in [5.74, 6) is 0.534. The van der Waals surface area contributed by atoms with Crippen molar-refractivity contribution in [3.05, 3.63) is 83.4 Å². The second kappa shape index (κ2) is 9.38. The molecular formula is C23H18O7. The van der Waals surface area contributed by atoms with Gasteiger partial charge in [0.05, 0.1) is 18.2 Å². The van der Waals surface area contributed by atoms with Crippen molar-refractivity contribution in [3.63, 3.8) is 0 Å². The first kappa shape index (κ1) is 20.6. The van der Waals surface area contributed by atoms with Crippen molar-refractivity contribution in [1.82, 2.24) is 0 Å². The number of ether oxygens (including phenoxy) is 4. The van der Waals surface area contributed by atoms with Gasteiger partial charge in [-0.15, -0.1) is 0 Å². The van der Waals surface area contributed by atoms with E-state index in [9.17, 15) is 14.4 Å². The van der Waals surface area contributed by atoms with E-state index in [1.807, 2.05) is 0 Å². The lowest BCUT2D eigenvalue weighted by molar-refractivity contribution is -0.120. The maximum Gasteiger partial charge on any atom is 0.343 e. The van der Waals surface area contributed by atoms with Crippen LogP contribution in [0.15, 0.2) is 66.7 Å². The van der Waals surface area contributed by atoms with Gasteiger partial charge in [-0.2, -0.15) is 0 Å². The van der Waals surface area contributed by atoms with Crippen LogP contribution in [0.2, 0.25) is 0 Å². The first-order valence-corrected chi connectivity index (χ1v) is 8.89. The molecule has 0 saturated heterocycles. The van der Waals surface area contributed by atoms with Crippen LogP contribution in [0.25, 0.3) is 0 Å². The van der Waals surface area contributed by atoms with Crippen molar-refractivity contribution >= 4 is 18.4 Å². The molecule has 0 unspecified atom stereocenters. The summed E-state index contributed by atoms with van der Waals surface area (Å²) in [6.45, 7) is 2.02. The Morgan fingerprint density at radius 2 is 1.30 bits per heavy atom. The first-order chi connectivity index (χ1) is 14.5. The van der Waals surface area contributed by atoms with Crippen molar-refractivity contribution < 1.29 is 33.3 Å². The third-order valence-electron chi connectivity index (χ3n) is 4.17. The fourth-order valence-electron chi connectivity index (χ4n) is 2.63. The van der Waals surface area contributed by atoms with Gasteiger partial charge in [-0.05, 0) is 79.2 Å². The number of esters is 2. The minimum Gasteiger partial charge on any atom is -0.497 e. The fraction of sp³-hybridized carbons (Fsp3) is 0.0870. The van der Waals surface area contributed by atoms with E-state index in [2.05, 4.69) is 4.74 Å². The predicted octanol–water partition coefficient (Wildman–Crippen LogP) is 3.98. The lowest BCUT2D eigenvalue weighted by atomic mass is 10.1. The zero-order valence-electron chi connectivity index (χ0n) is 16.3. The molecule has 0 bridgehead atoms. The Labute approximate surface area is 172 Å². The molecule has 30 heavy (non-hydrogen) atoms. The Morgan fingerprint density at radius 1 is 0.733 bits per heavy atom. The average Bonchev–Trinajstić information content (AvgIpc) is 2.75. The van der Waals surface area contributed by atoms with E-state index in [0.717, 1.165) is 0 Å². The maximum atomic E-state index is 12.4. The molecule has 7 nitrogen and oxygen atoms in total. The van der Waals surface area contributed by atoms with E-state index >= 15 is 0 Å². The van der Waals surface area contributed by atoms with E-state index in [0.29, 0.717) is 34.8 Å². The maximum absolute atomic E-state index is 12.4. The molecule has 0 fully saturated rings. The van der Waals surface area contributed by atoms with Crippen molar-refractivity contribution in [2.45, 2.75) is 6.92 Å². The summed E-state index contributed by atoms with van der Waals surface area (Å²) < 4.78 is 20.5. The van der Waals surface area contributed by atoms with Gasteiger partial charge in [0.2, 0.25) is 0 Å². The molecule has 0 N–H and O–H groups in total. The van der Waals surface area contributed by atoms with E-state index in [-0.39, 0.29) is 11.3 Å². The number of aryl methyl sites for hydroxylation is 1. The van der Waals surface area contributed by atoms with E-state index in [4.69, 9.17) is 14.2 Å². The Kier molecular flexibility index (Phi) is 6.44. The average molecular weight is 406 g/mol. The largest absolute Gasteiger partial charge is 0.497 e. The molecule has 0 aliphatic heterocycles. The molecule has 0 amide bonds. The minimum atomic E-state index is -0.583. The van der Waals surface area contributed by atoms with Gasteiger partial charge in [0.15, 0.2) is 0 Å². The summed E-state index contributed by atoms with van der Waals surface area (Å²) >= 11 is 0. The second-order valence-corrected chi connectivity index (χ2v) is 6.17. The molecule has 0 radical (unpaired) electrons. The lowest BCUT2D eigenvalue weighted by Gasteiger charge is -2.10. The number of benzene rings is 3. The van der Waals surface area contributed by atoms with Crippen molar-refractivity contribution in [2.75, 3.05) is 7.11 Å². The second-order valence-electron chi connectivity index (χ2n) is 6.17. The Balaban J connectivity index is 1.67. The normalized spacial score (nSPS) is 10.1. The number of methoxy groups -OCH3 is 1. The molecule has 152 valence electrons. The van der Waals surface area contributed by atoms with Gasteiger partial charge in [0.1, 0.15) is 23.0 Å². The SMILES string of the molecule is COc1ccc(OC(=O)c2ccc(OC(=O)c3ccc(OC=O)cc3)cc2C)cc1. The van der Waals surface area contributed by atoms with Crippen LogP contribution in [0.3, 0.4) is 0 Å². The number of hydrogen-bond acceptors (Lipinski definition) is 7. The molecule has 3 aromatic rings.